The van der Waals surface area contributed by atoms with Crippen LogP contribution >= 0.6 is 0 Å². The monoisotopic (exact) mass is 412 g/mol. The van der Waals surface area contributed by atoms with Gasteiger partial charge in [-0.3, -0.25) is 14.4 Å². The molecule has 0 N–H and O–H groups in total. The van der Waals surface area contributed by atoms with Crippen molar-refractivity contribution >= 4 is 27.5 Å². The Hall–Kier alpha value is -2.84. The molecule has 0 radical (unpaired) electrons. The third-order valence-corrected chi connectivity index (χ3v) is 6.69. The van der Waals surface area contributed by atoms with Crippen LogP contribution in [-0.4, -0.2) is 67.5 Å². The molecule has 4 rings (SSSR count). The Bertz CT molecular complexity index is 1140. The fourth-order valence-corrected chi connectivity index (χ4v) is 4.72. The maximum atomic E-state index is 13.0. The molecule has 8 heteroatoms. The lowest BCUT2D eigenvalue weighted by Crippen LogP contribution is -2.37. The summed E-state index contributed by atoms with van der Waals surface area (Å²) in [5.41, 5.74) is 1.55. The van der Waals surface area contributed by atoms with Crippen molar-refractivity contribution in [2.75, 3.05) is 32.4 Å². The fourth-order valence-electron chi connectivity index (χ4n) is 3.84. The quantitative estimate of drug-likeness (QED) is 0.637. The minimum atomic E-state index is -3.30. The van der Waals surface area contributed by atoms with Crippen LogP contribution in [-0.2, 0) is 10.0 Å². The Kier molecular flexibility index (Phi) is 4.84. The first-order valence-corrected chi connectivity index (χ1v) is 11.2. The SMILES string of the molecule is CS(=O)(=O)N1CCCN(C(=O)c2ccc3c(c2)C(=O)c2ccccc2C3=O)CC1. The van der Waals surface area contributed by atoms with Crippen LogP contribution in [0.15, 0.2) is 42.5 Å². The zero-order chi connectivity index (χ0) is 20.8. The summed E-state index contributed by atoms with van der Waals surface area (Å²) in [6.45, 7) is 1.31. The summed E-state index contributed by atoms with van der Waals surface area (Å²) in [6, 6.07) is 11.2. The van der Waals surface area contributed by atoms with Gasteiger partial charge in [0.25, 0.3) is 5.91 Å². The lowest BCUT2D eigenvalue weighted by Gasteiger charge is -2.22. The highest BCUT2D eigenvalue weighted by Crippen LogP contribution is 2.28. The Labute approximate surface area is 169 Å². The van der Waals surface area contributed by atoms with E-state index < -0.39 is 10.0 Å². The Morgan fingerprint density at radius 1 is 0.828 bits per heavy atom. The van der Waals surface area contributed by atoms with Gasteiger partial charge in [-0.05, 0) is 24.6 Å². The van der Waals surface area contributed by atoms with Gasteiger partial charge in [0, 0.05) is 54.0 Å². The largest absolute Gasteiger partial charge is 0.337 e. The molecule has 2 aromatic rings. The number of carbonyl (C=O) groups is 3. The number of hydrogen-bond acceptors (Lipinski definition) is 5. The van der Waals surface area contributed by atoms with Crippen LogP contribution in [0.5, 0.6) is 0 Å². The van der Waals surface area contributed by atoms with E-state index in [1.165, 1.54) is 16.4 Å². The van der Waals surface area contributed by atoms with Crippen molar-refractivity contribution in [2.24, 2.45) is 0 Å². The van der Waals surface area contributed by atoms with Gasteiger partial charge in [0.2, 0.25) is 10.0 Å². The van der Waals surface area contributed by atoms with Gasteiger partial charge < -0.3 is 4.90 Å². The minimum Gasteiger partial charge on any atom is -0.337 e. The average molecular weight is 412 g/mol. The number of nitrogens with zero attached hydrogens (tertiary/aromatic N) is 2. The molecular formula is C21H20N2O5S. The molecule has 1 aliphatic heterocycles. The van der Waals surface area contributed by atoms with Gasteiger partial charge in [0.05, 0.1) is 6.26 Å². The molecule has 29 heavy (non-hydrogen) atoms. The Balaban J connectivity index is 1.62. The highest BCUT2D eigenvalue weighted by atomic mass is 32.2. The first-order valence-electron chi connectivity index (χ1n) is 9.34. The van der Waals surface area contributed by atoms with Crippen molar-refractivity contribution in [3.05, 3.63) is 70.3 Å². The number of benzene rings is 2. The van der Waals surface area contributed by atoms with Crippen molar-refractivity contribution < 1.29 is 22.8 Å². The maximum Gasteiger partial charge on any atom is 0.253 e. The number of hydrogen-bond donors (Lipinski definition) is 0. The summed E-state index contributed by atoms with van der Waals surface area (Å²) in [6.07, 6.45) is 1.70. The fraction of sp³-hybridized carbons (Fsp3) is 0.286. The molecule has 0 bridgehead atoms. The molecule has 0 aromatic heterocycles. The molecule has 0 spiro atoms. The number of rotatable bonds is 2. The van der Waals surface area contributed by atoms with Gasteiger partial charge in [0.1, 0.15) is 0 Å². The predicted octanol–water partition coefficient (Wildman–Crippen LogP) is 1.57. The molecule has 1 heterocycles. The second-order valence-electron chi connectivity index (χ2n) is 7.27. The van der Waals surface area contributed by atoms with E-state index >= 15 is 0 Å². The van der Waals surface area contributed by atoms with Crippen LogP contribution in [0.1, 0.15) is 48.6 Å². The van der Waals surface area contributed by atoms with E-state index in [4.69, 9.17) is 0 Å². The summed E-state index contributed by atoms with van der Waals surface area (Å²) >= 11 is 0. The smallest absolute Gasteiger partial charge is 0.253 e. The van der Waals surface area contributed by atoms with Crippen LogP contribution in [0.3, 0.4) is 0 Å². The second-order valence-corrected chi connectivity index (χ2v) is 9.25. The number of ketones is 2. The van der Waals surface area contributed by atoms with Crippen molar-refractivity contribution in [3.63, 3.8) is 0 Å². The van der Waals surface area contributed by atoms with E-state index in [1.54, 1.807) is 35.2 Å². The van der Waals surface area contributed by atoms with Gasteiger partial charge in [-0.2, -0.15) is 0 Å². The second kappa shape index (κ2) is 7.20. The number of amides is 1. The molecule has 1 aliphatic carbocycles. The molecule has 1 amide bonds. The van der Waals surface area contributed by atoms with Gasteiger partial charge >= 0.3 is 0 Å². The third kappa shape index (κ3) is 3.49. The number of sulfonamides is 1. The lowest BCUT2D eigenvalue weighted by atomic mass is 9.83. The Morgan fingerprint density at radius 2 is 1.45 bits per heavy atom. The van der Waals surface area contributed by atoms with Crippen LogP contribution in [0, 0.1) is 0 Å². The van der Waals surface area contributed by atoms with Crippen LogP contribution in [0.4, 0.5) is 0 Å². The highest BCUT2D eigenvalue weighted by molar-refractivity contribution is 7.88. The zero-order valence-electron chi connectivity index (χ0n) is 15.9. The van der Waals surface area contributed by atoms with Crippen molar-refractivity contribution in [3.8, 4) is 0 Å². The summed E-state index contributed by atoms with van der Waals surface area (Å²) < 4.78 is 24.9. The minimum absolute atomic E-state index is 0.229. The number of fused-ring (bicyclic) bond motifs is 2. The van der Waals surface area contributed by atoms with E-state index in [-0.39, 0.29) is 36.1 Å². The molecule has 1 fully saturated rings. The van der Waals surface area contributed by atoms with Crippen LogP contribution in [0.2, 0.25) is 0 Å². The molecule has 2 aliphatic rings. The summed E-state index contributed by atoms with van der Waals surface area (Å²) in [7, 11) is -3.30. The van der Waals surface area contributed by atoms with Gasteiger partial charge in [0.15, 0.2) is 11.6 Å². The van der Waals surface area contributed by atoms with E-state index in [2.05, 4.69) is 0 Å². The Morgan fingerprint density at radius 3 is 2.10 bits per heavy atom. The molecule has 1 saturated heterocycles. The maximum absolute atomic E-state index is 13.0. The van der Waals surface area contributed by atoms with Crippen molar-refractivity contribution in [1.29, 1.82) is 0 Å². The van der Waals surface area contributed by atoms with Gasteiger partial charge in [-0.15, -0.1) is 0 Å². The first kappa shape index (κ1) is 19.5. The van der Waals surface area contributed by atoms with E-state index in [0.29, 0.717) is 41.8 Å². The lowest BCUT2D eigenvalue weighted by molar-refractivity contribution is 0.0763. The van der Waals surface area contributed by atoms with Crippen LogP contribution < -0.4 is 0 Å². The van der Waals surface area contributed by atoms with Crippen molar-refractivity contribution in [1.82, 2.24) is 9.21 Å². The summed E-state index contributed by atoms with van der Waals surface area (Å²) in [5, 5.41) is 0. The third-order valence-electron chi connectivity index (χ3n) is 5.38. The van der Waals surface area contributed by atoms with E-state index in [9.17, 15) is 22.8 Å². The number of carbonyl (C=O) groups excluding carboxylic acids is 3. The average Bonchev–Trinajstić information content (AvgIpc) is 2.97. The molecule has 0 atom stereocenters. The molecule has 0 saturated carbocycles. The summed E-state index contributed by atoms with van der Waals surface area (Å²) in [4.78, 5) is 40.1. The molecule has 150 valence electrons. The highest BCUT2D eigenvalue weighted by Gasteiger charge is 2.31. The van der Waals surface area contributed by atoms with Crippen molar-refractivity contribution in [2.45, 2.75) is 6.42 Å². The molecule has 7 nitrogen and oxygen atoms in total. The standard InChI is InChI=1S/C21H20N2O5S/c1-29(27,28)23-10-4-9-22(11-12-23)21(26)14-7-8-17-18(13-14)20(25)16-6-3-2-5-15(16)19(17)24/h2-3,5-8,13H,4,9-12H2,1H3. The van der Waals surface area contributed by atoms with E-state index in [1.807, 2.05) is 0 Å². The van der Waals surface area contributed by atoms with Gasteiger partial charge in [-0.1, -0.05) is 24.3 Å². The molecule has 0 unspecified atom stereocenters. The van der Waals surface area contributed by atoms with Gasteiger partial charge in [-0.25, -0.2) is 12.7 Å². The normalized spacial score (nSPS) is 17.5. The zero-order valence-corrected chi connectivity index (χ0v) is 16.7. The topological polar surface area (TPSA) is 91.8 Å². The van der Waals surface area contributed by atoms with Crippen LogP contribution in [0.25, 0.3) is 0 Å². The molecule has 2 aromatic carbocycles. The molecular weight excluding hydrogens is 392 g/mol. The van der Waals surface area contributed by atoms with E-state index in [0.717, 1.165) is 6.26 Å². The first-order chi connectivity index (χ1) is 13.8. The summed E-state index contributed by atoms with van der Waals surface area (Å²) in [5.74, 6) is -0.779. The predicted molar refractivity (Wildman–Crippen MR) is 107 cm³/mol.